The fourth-order valence-electron chi connectivity index (χ4n) is 10.5. The third-order valence-corrected chi connectivity index (χ3v) is 15.6. The van der Waals surface area contributed by atoms with Crippen LogP contribution in [0, 0.1) is 0 Å². The summed E-state index contributed by atoms with van der Waals surface area (Å²) in [6, 6.07) is -0.549. The Bertz CT molecular complexity index is 1080. The fraction of sp³-hybridized carbons (Fsp3) is 0.939. The molecule has 72 heavy (non-hydrogen) atoms. The number of unbranched alkanes of at least 4 members (excludes halogenated alkanes) is 49. The lowest BCUT2D eigenvalue weighted by Crippen LogP contribution is -2.45. The van der Waals surface area contributed by atoms with Gasteiger partial charge in [-0.2, -0.15) is 0 Å². The molecule has 0 radical (unpaired) electrons. The van der Waals surface area contributed by atoms with Crippen molar-refractivity contribution in [3.63, 3.8) is 0 Å². The Morgan fingerprint density at radius 2 is 0.653 bits per heavy atom. The normalized spacial score (nSPS) is 12.6. The van der Waals surface area contributed by atoms with Crippen LogP contribution in [0.5, 0.6) is 0 Å². The number of nitrogens with one attached hydrogen (secondary N) is 1. The second-order valence-corrected chi connectivity index (χ2v) is 22.8. The predicted molar refractivity (Wildman–Crippen MR) is 315 cm³/mol. The highest BCUT2D eigenvalue weighted by Crippen LogP contribution is 2.19. The third-order valence-electron chi connectivity index (χ3n) is 15.6. The maximum atomic E-state index is 12.5. The molecule has 6 nitrogen and oxygen atoms in total. The molecule has 0 aromatic heterocycles. The average molecular weight is 1020 g/mol. The summed E-state index contributed by atoms with van der Waals surface area (Å²) < 4.78 is 5.49. The minimum Gasteiger partial charge on any atom is -0.466 e. The summed E-state index contributed by atoms with van der Waals surface area (Å²) in [7, 11) is 0. The van der Waals surface area contributed by atoms with Crippen LogP contribution in [0.2, 0.25) is 0 Å². The van der Waals surface area contributed by atoms with Crippen LogP contribution in [0.25, 0.3) is 0 Å². The van der Waals surface area contributed by atoms with Crippen molar-refractivity contribution in [3.8, 4) is 0 Å². The molecule has 0 saturated heterocycles. The van der Waals surface area contributed by atoms with Gasteiger partial charge in [-0.05, 0) is 51.4 Å². The molecule has 0 aliphatic heterocycles. The Morgan fingerprint density at radius 3 is 0.986 bits per heavy atom. The van der Waals surface area contributed by atoms with Gasteiger partial charge in [0.25, 0.3) is 0 Å². The van der Waals surface area contributed by atoms with Crippen molar-refractivity contribution in [2.24, 2.45) is 0 Å². The molecule has 0 aromatic carbocycles. The van der Waals surface area contributed by atoms with Gasteiger partial charge in [-0.15, -0.1) is 0 Å². The highest BCUT2D eigenvalue weighted by molar-refractivity contribution is 5.76. The molecule has 0 bridgehead atoms. The third kappa shape index (κ3) is 57.9. The van der Waals surface area contributed by atoms with Crippen LogP contribution >= 0.6 is 0 Å². The number of amides is 1. The van der Waals surface area contributed by atoms with Crippen molar-refractivity contribution >= 4 is 11.9 Å². The summed E-state index contributed by atoms with van der Waals surface area (Å²) in [6.07, 6.45) is 75.1. The molecule has 0 fully saturated rings. The molecule has 2 unspecified atom stereocenters. The van der Waals surface area contributed by atoms with Crippen molar-refractivity contribution < 1.29 is 24.5 Å². The van der Waals surface area contributed by atoms with E-state index in [1.807, 2.05) is 0 Å². The number of esters is 1. The average Bonchev–Trinajstić information content (AvgIpc) is 3.38. The van der Waals surface area contributed by atoms with Gasteiger partial charge in [0, 0.05) is 12.8 Å². The number of allylic oxidation sites excluding steroid dienone is 2. The van der Waals surface area contributed by atoms with Gasteiger partial charge in [0.05, 0.1) is 25.4 Å². The van der Waals surface area contributed by atoms with Crippen LogP contribution in [0.1, 0.15) is 373 Å². The molecule has 1 amide bonds. The highest BCUT2D eigenvalue weighted by atomic mass is 16.5. The molecule has 2 atom stereocenters. The lowest BCUT2D eigenvalue weighted by atomic mass is 10.0. The van der Waals surface area contributed by atoms with Crippen molar-refractivity contribution in [3.05, 3.63) is 12.2 Å². The van der Waals surface area contributed by atoms with E-state index in [0.29, 0.717) is 25.9 Å². The van der Waals surface area contributed by atoms with Crippen LogP contribution in [0.4, 0.5) is 0 Å². The van der Waals surface area contributed by atoms with Crippen molar-refractivity contribution in [1.29, 1.82) is 0 Å². The first-order chi connectivity index (χ1) is 35.5. The van der Waals surface area contributed by atoms with Gasteiger partial charge in [0.15, 0.2) is 0 Å². The van der Waals surface area contributed by atoms with Gasteiger partial charge in [-0.3, -0.25) is 9.59 Å². The molecule has 0 saturated carbocycles. The highest BCUT2D eigenvalue weighted by Gasteiger charge is 2.20. The minimum atomic E-state index is -0.671. The van der Waals surface area contributed by atoms with E-state index >= 15 is 0 Å². The number of carbonyl (C=O) groups is 2. The molecule has 0 aliphatic rings. The van der Waals surface area contributed by atoms with E-state index in [0.717, 1.165) is 44.9 Å². The molecule has 3 N–H and O–H groups in total. The second-order valence-electron chi connectivity index (χ2n) is 22.8. The first-order valence-corrected chi connectivity index (χ1v) is 32.9. The molecule has 0 spiro atoms. The van der Waals surface area contributed by atoms with Crippen LogP contribution < -0.4 is 5.32 Å². The number of aliphatic hydroxyl groups is 2. The number of aliphatic hydroxyl groups excluding tert-OH is 2. The molecule has 0 aromatic rings. The Labute approximate surface area is 450 Å². The summed E-state index contributed by atoms with van der Waals surface area (Å²) in [5.74, 6) is -0.0398. The molecular formula is C66H129NO5. The van der Waals surface area contributed by atoms with E-state index < -0.39 is 12.1 Å². The Hall–Kier alpha value is -1.40. The summed E-state index contributed by atoms with van der Waals surface area (Å²) >= 11 is 0. The van der Waals surface area contributed by atoms with Gasteiger partial charge in [-0.1, -0.05) is 321 Å². The van der Waals surface area contributed by atoms with Crippen molar-refractivity contribution in [1.82, 2.24) is 5.32 Å². The number of ether oxygens (including phenoxy) is 1. The summed E-state index contributed by atoms with van der Waals surface area (Å²) in [4.78, 5) is 24.6. The summed E-state index contributed by atoms with van der Waals surface area (Å²) in [5, 5.41) is 23.4. The minimum absolute atomic E-state index is 0.000762. The zero-order chi connectivity index (χ0) is 52.2. The van der Waals surface area contributed by atoms with Gasteiger partial charge >= 0.3 is 5.97 Å². The maximum absolute atomic E-state index is 12.5. The number of rotatable bonds is 62. The van der Waals surface area contributed by atoms with Gasteiger partial charge in [-0.25, -0.2) is 0 Å². The van der Waals surface area contributed by atoms with Crippen LogP contribution in [0.3, 0.4) is 0 Å². The van der Waals surface area contributed by atoms with Crippen LogP contribution in [-0.2, 0) is 14.3 Å². The van der Waals surface area contributed by atoms with Crippen molar-refractivity contribution in [2.45, 2.75) is 386 Å². The fourth-order valence-corrected chi connectivity index (χ4v) is 10.5. The van der Waals surface area contributed by atoms with E-state index in [1.165, 1.54) is 295 Å². The number of hydrogen-bond acceptors (Lipinski definition) is 5. The topological polar surface area (TPSA) is 95.9 Å². The van der Waals surface area contributed by atoms with E-state index in [2.05, 4.69) is 31.3 Å². The quantitative estimate of drug-likeness (QED) is 0.0320. The zero-order valence-corrected chi connectivity index (χ0v) is 48.9. The lowest BCUT2D eigenvalue weighted by Gasteiger charge is -2.22. The Balaban J connectivity index is 3.41. The summed E-state index contributed by atoms with van der Waals surface area (Å²) in [5.41, 5.74) is 0. The van der Waals surface area contributed by atoms with E-state index in [4.69, 9.17) is 4.74 Å². The van der Waals surface area contributed by atoms with E-state index in [9.17, 15) is 19.8 Å². The largest absolute Gasteiger partial charge is 0.466 e. The molecule has 6 heteroatoms. The Kier molecular flexibility index (Phi) is 60.9. The lowest BCUT2D eigenvalue weighted by molar-refractivity contribution is -0.143. The van der Waals surface area contributed by atoms with Crippen LogP contribution in [0.15, 0.2) is 12.2 Å². The molecule has 428 valence electrons. The first-order valence-electron chi connectivity index (χ1n) is 32.9. The predicted octanol–water partition coefficient (Wildman–Crippen LogP) is 20.8. The SMILES string of the molecule is CCCCCCCCC/C=C\CCCCCCCCCC(=O)OCCCCCCCCCCCCCCCCCC(=O)NC(CO)C(O)CCCCCCCCCCCCCCCCCCCCCCCC. The first kappa shape index (κ1) is 70.6. The molecule has 0 rings (SSSR count). The van der Waals surface area contributed by atoms with Gasteiger partial charge < -0.3 is 20.3 Å². The smallest absolute Gasteiger partial charge is 0.305 e. The monoisotopic (exact) mass is 1020 g/mol. The maximum Gasteiger partial charge on any atom is 0.305 e. The standard InChI is InChI=1S/C66H129NO5/c1-3-5-7-9-11-13-15-17-19-21-23-24-25-26-27-30-34-38-42-46-50-54-58-64(69)63(62-68)67-65(70)59-55-51-47-43-39-35-31-29-33-37-41-45-49-53-57-61-72-66(71)60-56-52-48-44-40-36-32-28-22-20-18-16-14-12-10-8-6-4-2/h20,22,63-64,68-69H,3-19,21,23-62H2,1-2H3,(H,67,70)/b22-20-. The van der Waals surface area contributed by atoms with Crippen molar-refractivity contribution in [2.75, 3.05) is 13.2 Å². The summed E-state index contributed by atoms with van der Waals surface area (Å²) in [6.45, 7) is 4.97. The number of hydrogen-bond donors (Lipinski definition) is 3. The van der Waals surface area contributed by atoms with E-state index in [-0.39, 0.29) is 18.5 Å². The van der Waals surface area contributed by atoms with Gasteiger partial charge in [0.1, 0.15) is 0 Å². The van der Waals surface area contributed by atoms with Gasteiger partial charge in [0.2, 0.25) is 5.91 Å². The number of carbonyl (C=O) groups excluding carboxylic acids is 2. The van der Waals surface area contributed by atoms with E-state index in [1.54, 1.807) is 0 Å². The molecule has 0 aliphatic carbocycles. The molecular weight excluding hydrogens is 887 g/mol. The zero-order valence-electron chi connectivity index (χ0n) is 48.9. The van der Waals surface area contributed by atoms with Crippen LogP contribution in [-0.4, -0.2) is 47.4 Å². The Morgan fingerprint density at radius 1 is 0.375 bits per heavy atom. The second kappa shape index (κ2) is 62.1. The molecule has 0 heterocycles.